The lowest BCUT2D eigenvalue weighted by Crippen LogP contribution is -2.27. The van der Waals surface area contributed by atoms with Gasteiger partial charge in [-0.05, 0) is 49.5 Å². The molecule has 0 bridgehead atoms. The summed E-state index contributed by atoms with van der Waals surface area (Å²) in [6.07, 6.45) is 4.27. The molecule has 2 fully saturated rings. The molecule has 1 heterocycles. The van der Waals surface area contributed by atoms with Crippen LogP contribution in [0.15, 0.2) is 29.4 Å². The van der Waals surface area contributed by atoms with Gasteiger partial charge in [-0.15, -0.1) is 10.2 Å². The largest absolute Gasteiger partial charge is 0.416 e. The molecule has 2 atom stereocenters. The quantitative estimate of drug-likeness (QED) is 0.453. The Labute approximate surface area is 184 Å². The highest BCUT2D eigenvalue weighted by Gasteiger charge is 2.47. The summed E-state index contributed by atoms with van der Waals surface area (Å²) in [6, 6.07) is 6.02. The van der Waals surface area contributed by atoms with E-state index in [2.05, 4.69) is 20.1 Å². The van der Waals surface area contributed by atoms with E-state index in [1.54, 1.807) is 17.8 Å². The zero-order valence-corrected chi connectivity index (χ0v) is 18.3. The first-order chi connectivity index (χ1) is 14.9. The van der Waals surface area contributed by atoms with Gasteiger partial charge in [0, 0.05) is 24.9 Å². The summed E-state index contributed by atoms with van der Waals surface area (Å²) in [4.78, 5) is 12.5. The first-order valence-electron chi connectivity index (χ1n) is 10.8. The Morgan fingerprint density at radius 2 is 1.97 bits per heavy atom. The molecule has 0 spiro atoms. The van der Waals surface area contributed by atoms with Gasteiger partial charge in [0.25, 0.3) is 0 Å². The van der Waals surface area contributed by atoms with Crippen LogP contribution in [0.4, 0.5) is 13.2 Å². The Kier molecular flexibility index (Phi) is 6.60. The molecule has 2 saturated carbocycles. The predicted molar refractivity (Wildman–Crippen MR) is 113 cm³/mol. The molecule has 2 aliphatic carbocycles. The lowest BCUT2D eigenvalue weighted by molar-refractivity contribution is -0.138. The van der Waals surface area contributed by atoms with Gasteiger partial charge in [-0.2, -0.15) is 13.2 Å². The number of carbonyl (C=O) groups is 1. The predicted octanol–water partition coefficient (Wildman–Crippen LogP) is 4.99. The van der Waals surface area contributed by atoms with Crippen molar-refractivity contribution in [2.75, 3.05) is 12.8 Å². The zero-order chi connectivity index (χ0) is 22.0. The number of nitrogens with one attached hydrogen (secondary N) is 1. The van der Waals surface area contributed by atoms with Crippen molar-refractivity contribution in [1.82, 2.24) is 20.1 Å². The average Bonchev–Trinajstić information content (AvgIpc) is 3.16. The Morgan fingerprint density at radius 1 is 1.23 bits per heavy atom. The summed E-state index contributed by atoms with van der Waals surface area (Å²) >= 11 is 1.60. The molecule has 1 amide bonds. The van der Waals surface area contributed by atoms with Gasteiger partial charge in [0.05, 0.1) is 5.56 Å². The number of aromatic nitrogens is 3. The number of halogens is 3. The van der Waals surface area contributed by atoms with E-state index in [0.29, 0.717) is 19.0 Å². The second-order valence-corrected chi connectivity index (χ2v) is 9.11. The van der Waals surface area contributed by atoms with Crippen LogP contribution in [0.2, 0.25) is 0 Å². The van der Waals surface area contributed by atoms with Crippen LogP contribution in [0.1, 0.15) is 67.4 Å². The summed E-state index contributed by atoms with van der Waals surface area (Å²) < 4.78 is 41.9. The van der Waals surface area contributed by atoms with Crippen molar-refractivity contribution < 1.29 is 18.0 Å². The van der Waals surface area contributed by atoms with Gasteiger partial charge in [0.15, 0.2) is 5.16 Å². The molecule has 2 aliphatic rings. The molecule has 0 aliphatic heterocycles. The number of nitrogens with zero attached hydrogens (tertiary/aromatic N) is 3. The number of rotatable bonds is 8. The number of carbonyl (C=O) groups excluding carboxylic acids is 1. The fraction of sp³-hybridized carbons (Fsp3) is 0.591. The first kappa shape index (κ1) is 22.2. The number of alkyl halides is 3. The minimum absolute atomic E-state index is 0.163. The highest BCUT2D eigenvalue weighted by Crippen LogP contribution is 2.51. The van der Waals surface area contributed by atoms with E-state index >= 15 is 0 Å². The third kappa shape index (κ3) is 4.91. The third-order valence-electron chi connectivity index (χ3n) is 6.28. The van der Waals surface area contributed by atoms with Crippen molar-refractivity contribution in [1.29, 1.82) is 0 Å². The van der Waals surface area contributed by atoms with Gasteiger partial charge in [-0.25, -0.2) is 0 Å². The summed E-state index contributed by atoms with van der Waals surface area (Å²) in [5.74, 6) is 0.0547. The molecule has 5 nitrogen and oxygen atoms in total. The van der Waals surface area contributed by atoms with Crippen LogP contribution in [0.5, 0.6) is 0 Å². The van der Waals surface area contributed by atoms with Gasteiger partial charge in [0.2, 0.25) is 5.91 Å². The van der Waals surface area contributed by atoms with E-state index in [1.165, 1.54) is 25.0 Å². The van der Waals surface area contributed by atoms with E-state index < -0.39 is 11.7 Å². The standard InChI is InChI=1S/C22H27F3N4OS/c1-31-21-28-27-19(29(21)14-7-2-3-8-14)11-6-12-26-20(30)17-13-16(17)15-9-4-5-10-18(15)22(23,24)25/h4-5,9-10,14,16-17H,2-3,6-8,11-13H2,1H3,(H,26,30). The number of hydrogen-bond donors (Lipinski definition) is 1. The number of amides is 1. The highest BCUT2D eigenvalue weighted by molar-refractivity contribution is 7.98. The van der Waals surface area contributed by atoms with Gasteiger partial charge in [-0.1, -0.05) is 42.8 Å². The van der Waals surface area contributed by atoms with Crippen LogP contribution in [-0.2, 0) is 17.4 Å². The molecule has 9 heteroatoms. The molecule has 168 valence electrons. The smallest absolute Gasteiger partial charge is 0.356 e. The van der Waals surface area contributed by atoms with Crippen LogP contribution >= 0.6 is 11.8 Å². The third-order valence-corrected chi connectivity index (χ3v) is 6.92. The summed E-state index contributed by atoms with van der Waals surface area (Å²) in [5, 5.41) is 12.5. The van der Waals surface area contributed by atoms with Crippen molar-refractivity contribution in [2.45, 2.75) is 68.2 Å². The monoisotopic (exact) mass is 452 g/mol. The minimum atomic E-state index is -4.40. The van der Waals surface area contributed by atoms with Crippen molar-refractivity contribution in [2.24, 2.45) is 5.92 Å². The minimum Gasteiger partial charge on any atom is -0.356 e. The lowest BCUT2D eigenvalue weighted by Gasteiger charge is -2.16. The van der Waals surface area contributed by atoms with E-state index in [4.69, 9.17) is 0 Å². The number of thioether (sulfide) groups is 1. The number of hydrogen-bond acceptors (Lipinski definition) is 4. The zero-order valence-electron chi connectivity index (χ0n) is 17.5. The molecule has 1 aromatic heterocycles. The Bertz CT molecular complexity index is 924. The van der Waals surface area contributed by atoms with Gasteiger partial charge in [0.1, 0.15) is 5.82 Å². The number of aryl methyl sites for hydroxylation is 1. The molecule has 0 saturated heterocycles. The van der Waals surface area contributed by atoms with Crippen LogP contribution in [0.25, 0.3) is 0 Å². The summed E-state index contributed by atoms with van der Waals surface area (Å²) in [7, 11) is 0. The first-order valence-corrected chi connectivity index (χ1v) is 12.0. The molecule has 2 aromatic rings. The Morgan fingerprint density at radius 3 is 2.68 bits per heavy atom. The van der Waals surface area contributed by atoms with Crippen molar-refractivity contribution >= 4 is 17.7 Å². The van der Waals surface area contributed by atoms with Crippen LogP contribution in [-0.4, -0.2) is 33.5 Å². The maximum absolute atomic E-state index is 13.2. The van der Waals surface area contributed by atoms with Crippen molar-refractivity contribution in [3.63, 3.8) is 0 Å². The van der Waals surface area contributed by atoms with Crippen LogP contribution in [0.3, 0.4) is 0 Å². The molecule has 1 aromatic carbocycles. The highest BCUT2D eigenvalue weighted by atomic mass is 32.2. The molecule has 4 rings (SSSR count). The maximum Gasteiger partial charge on any atom is 0.416 e. The van der Waals surface area contributed by atoms with Gasteiger partial charge in [-0.3, -0.25) is 4.79 Å². The molecule has 1 N–H and O–H groups in total. The number of benzene rings is 1. The fourth-order valence-electron chi connectivity index (χ4n) is 4.64. The lowest BCUT2D eigenvalue weighted by atomic mass is 10.0. The Balaban J connectivity index is 1.29. The molecule has 2 unspecified atom stereocenters. The maximum atomic E-state index is 13.2. The van der Waals surface area contributed by atoms with Crippen molar-refractivity contribution in [3.8, 4) is 0 Å². The van der Waals surface area contributed by atoms with Crippen molar-refractivity contribution in [3.05, 3.63) is 41.2 Å². The molecule has 0 radical (unpaired) electrons. The molecule has 31 heavy (non-hydrogen) atoms. The van der Waals surface area contributed by atoms with Gasteiger partial charge < -0.3 is 9.88 Å². The summed E-state index contributed by atoms with van der Waals surface area (Å²) in [5.41, 5.74) is -0.407. The fourth-order valence-corrected chi connectivity index (χ4v) is 5.22. The summed E-state index contributed by atoms with van der Waals surface area (Å²) in [6.45, 7) is 0.481. The average molecular weight is 453 g/mol. The molecular formula is C22H27F3N4OS. The van der Waals surface area contributed by atoms with E-state index in [0.717, 1.165) is 42.7 Å². The normalized spacial score (nSPS) is 21.4. The SMILES string of the molecule is CSc1nnc(CCCNC(=O)C2CC2c2ccccc2C(F)(F)F)n1C1CCCC1. The van der Waals surface area contributed by atoms with E-state index in [-0.39, 0.29) is 23.3 Å². The van der Waals surface area contributed by atoms with Gasteiger partial charge >= 0.3 is 6.18 Å². The Hall–Kier alpha value is -2.03. The second-order valence-electron chi connectivity index (χ2n) is 8.34. The van der Waals surface area contributed by atoms with Crippen LogP contribution in [0, 0.1) is 5.92 Å². The van der Waals surface area contributed by atoms with E-state index in [1.807, 2.05) is 6.26 Å². The molecular weight excluding hydrogens is 425 g/mol. The topological polar surface area (TPSA) is 59.8 Å². The van der Waals surface area contributed by atoms with E-state index in [9.17, 15) is 18.0 Å². The second kappa shape index (κ2) is 9.22. The van der Waals surface area contributed by atoms with Crippen LogP contribution < -0.4 is 5.32 Å².